The minimum atomic E-state index is -4.40. The lowest BCUT2D eigenvalue weighted by atomic mass is 10.3. The topological polar surface area (TPSA) is 46.5 Å². The van der Waals surface area contributed by atoms with Gasteiger partial charge in [-0.05, 0) is 13.0 Å². The van der Waals surface area contributed by atoms with Crippen molar-refractivity contribution in [2.24, 2.45) is 7.05 Å². The normalized spacial score (nSPS) is 12.1. The summed E-state index contributed by atoms with van der Waals surface area (Å²) in [6, 6.07) is 0.969. The van der Waals surface area contributed by atoms with Gasteiger partial charge in [-0.3, -0.25) is 5.10 Å². The Labute approximate surface area is 89.1 Å². The van der Waals surface area contributed by atoms with Crippen LogP contribution in [0, 0.1) is 6.92 Å². The average molecular weight is 230 g/mol. The largest absolute Gasteiger partial charge is 0.432 e. The molecule has 0 unspecified atom stereocenters. The smallest absolute Gasteiger partial charge is 0.330 e. The number of nitrogens with zero attached hydrogens (tertiary/aromatic N) is 3. The summed E-state index contributed by atoms with van der Waals surface area (Å²) in [6.45, 7) is 1.76. The third-order valence-corrected chi connectivity index (χ3v) is 2.37. The molecule has 2 rings (SSSR count). The van der Waals surface area contributed by atoms with Crippen LogP contribution in [0.15, 0.2) is 12.3 Å². The van der Waals surface area contributed by atoms with Gasteiger partial charge in [0.05, 0.1) is 11.9 Å². The second-order valence-electron chi connectivity index (χ2n) is 3.41. The number of aromatic nitrogens is 4. The summed E-state index contributed by atoms with van der Waals surface area (Å²) in [4.78, 5) is 3.99. The second kappa shape index (κ2) is 3.36. The maximum Gasteiger partial charge on any atom is 0.432 e. The third-order valence-electron chi connectivity index (χ3n) is 2.37. The van der Waals surface area contributed by atoms with Gasteiger partial charge in [-0.1, -0.05) is 0 Å². The summed E-state index contributed by atoms with van der Waals surface area (Å²) < 4.78 is 38.7. The summed E-state index contributed by atoms with van der Waals surface area (Å²) in [7, 11) is 1.72. The van der Waals surface area contributed by atoms with Crippen LogP contribution >= 0.6 is 0 Å². The molecule has 0 aliphatic carbocycles. The van der Waals surface area contributed by atoms with E-state index >= 15 is 0 Å². The number of aryl methyl sites for hydroxylation is 1. The molecule has 0 amide bonds. The molecule has 86 valence electrons. The monoisotopic (exact) mass is 230 g/mol. The first-order valence-electron chi connectivity index (χ1n) is 4.51. The van der Waals surface area contributed by atoms with E-state index in [1.165, 1.54) is 6.20 Å². The van der Waals surface area contributed by atoms with Crippen LogP contribution in [-0.2, 0) is 13.2 Å². The van der Waals surface area contributed by atoms with Crippen molar-refractivity contribution in [3.05, 3.63) is 23.8 Å². The summed E-state index contributed by atoms with van der Waals surface area (Å²) in [6.07, 6.45) is -2.91. The van der Waals surface area contributed by atoms with E-state index in [1.54, 1.807) is 18.5 Å². The molecule has 0 saturated carbocycles. The van der Waals surface area contributed by atoms with Crippen LogP contribution in [0.4, 0.5) is 13.2 Å². The highest BCUT2D eigenvalue weighted by atomic mass is 19.4. The van der Waals surface area contributed by atoms with Gasteiger partial charge >= 0.3 is 6.18 Å². The van der Waals surface area contributed by atoms with Gasteiger partial charge < -0.3 is 4.57 Å². The molecule has 0 bridgehead atoms. The molecule has 2 heterocycles. The number of halogens is 3. The molecule has 1 N–H and O–H groups in total. The second-order valence-corrected chi connectivity index (χ2v) is 3.41. The summed E-state index contributed by atoms with van der Waals surface area (Å²) >= 11 is 0. The minimum Gasteiger partial charge on any atom is -0.330 e. The van der Waals surface area contributed by atoms with E-state index in [0.29, 0.717) is 11.5 Å². The number of H-pyrrole nitrogens is 1. The van der Waals surface area contributed by atoms with Gasteiger partial charge in [0.25, 0.3) is 0 Å². The van der Waals surface area contributed by atoms with Gasteiger partial charge in [-0.25, -0.2) is 4.98 Å². The van der Waals surface area contributed by atoms with Crippen LogP contribution in [0.25, 0.3) is 11.4 Å². The Balaban J connectivity index is 2.43. The molecular weight excluding hydrogens is 221 g/mol. The van der Waals surface area contributed by atoms with E-state index in [2.05, 4.69) is 10.1 Å². The standard InChI is InChI=1S/C9H9F3N4/c1-5-13-4-7(16(5)2)6-3-8(15-14-6)9(10,11)12/h3-4H,1-2H3,(H,14,15). The molecule has 2 aromatic heterocycles. The van der Waals surface area contributed by atoms with Crippen molar-refractivity contribution >= 4 is 0 Å². The molecule has 0 saturated heterocycles. The molecular formula is C9H9F3N4. The van der Waals surface area contributed by atoms with Crippen molar-refractivity contribution in [3.63, 3.8) is 0 Å². The number of rotatable bonds is 1. The van der Waals surface area contributed by atoms with Crippen LogP contribution in [0.5, 0.6) is 0 Å². The Morgan fingerprint density at radius 3 is 2.50 bits per heavy atom. The zero-order chi connectivity index (χ0) is 11.9. The number of nitrogens with one attached hydrogen (secondary N) is 1. The van der Waals surface area contributed by atoms with Crippen LogP contribution < -0.4 is 0 Å². The van der Waals surface area contributed by atoms with Gasteiger partial charge in [0.1, 0.15) is 17.2 Å². The lowest BCUT2D eigenvalue weighted by molar-refractivity contribution is -0.141. The molecule has 4 nitrogen and oxygen atoms in total. The summed E-state index contributed by atoms with van der Waals surface area (Å²) in [5.41, 5.74) is -0.0824. The average Bonchev–Trinajstić information content (AvgIpc) is 2.74. The van der Waals surface area contributed by atoms with Crippen molar-refractivity contribution < 1.29 is 13.2 Å². The van der Waals surface area contributed by atoms with E-state index in [-0.39, 0.29) is 5.69 Å². The molecule has 0 aromatic carbocycles. The highest BCUT2D eigenvalue weighted by Gasteiger charge is 2.33. The third kappa shape index (κ3) is 1.68. The zero-order valence-corrected chi connectivity index (χ0v) is 8.63. The highest BCUT2D eigenvalue weighted by molar-refractivity contribution is 5.54. The molecule has 0 aliphatic heterocycles. The van der Waals surface area contributed by atoms with Crippen LogP contribution in [0.3, 0.4) is 0 Å². The molecule has 16 heavy (non-hydrogen) atoms. The fourth-order valence-corrected chi connectivity index (χ4v) is 1.34. The number of aromatic amines is 1. The SMILES string of the molecule is Cc1ncc(-c2cc(C(F)(F)F)[nH]n2)n1C. The predicted octanol–water partition coefficient (Wildman–Crippen LogP) is 2.14. The van der Waals surface area contributed by atoms with Crippen LogP contribution in [0.1, 0.15) is 11.5 Å². The molecule has 0 spiro atoms. The van der Waals surface area contributed by atoms with Crippen molar-refractivity contribution in [1.29, 1.82) is 0 Å². The van der Waals surface area contributed by atoms with Crippen LogP contribution in [-0.4, -0.2) is 19.7 Å². The van der Waals surface area contributed by atoms with E-state index in [9.17, 15) is 13.2 Å². The molecule has 0 aliphatic rings. The maximum absolute atomic E-state index is 12.3. The lowest BCUT2D eigenvalue weighted by Crippen LogP contribution is -2.04. The Morgan fingerprint density at radius 2 is 2.06 bits per heavy atom. The van der Waals surface area contributed by atoms with Crippen molar-refractivity contribution in [2.75, 3.05) is 0 Å². The Morgan fingerprint density at radius 1 is 1.38 bits per heavy atom. The van der Waals surface area contributed by atoms with Gasteiger partial charge in [-0.15, -0.1) is 0 Å². The van der Waals surface area contributed by atoms with Crippen molar-refractivity contribution in [3.8, 4) is 11.4 Å². The lowest BCUT2D eigenvalue weighted by Gasteiger charge is -2.00. The van der Waals surface area contributed by atoms with Crippen LogP contribution in [0.2, 0.25) is 0 Å². The minimum absolute atomic E-state index is 0.232. The summed E-state index contributed by atoms with van der Waals surface area (Å²) in [5.74, 6) is 0.714. The van der Waals surface area contributed by atoms with E-state index in [0.717, 1.165) is 6.07 Å². The van der Waals surface area contributed by atoms with E-state index in [4.69, 9.17) is 0 Å². The summed E-state index contributed by atoms with van der Waals surface area (Å²) in [5, 5.41) is 5.59. The molecule has 7 heteroatoms. The fraction of sp³-hybridized carbons (Fsp3) is 0.333. The first kappa shape index (κ1) is 10.7. The number of hydrogen-bond donors (Lipinski definition) is 1. The maximum atomic E-state index is 12.3. The van der Waals surface area contributed by atoms with Crippen molar-refractivity contribution in [2.45, 2.75) is 13.1 Å². The first-order chi connectivity index (χ1) is 7.39. The van der Waals surface area contributed by atoms with Crippen molar-refractivity contribution in [1.82, 2.24) is 19.7 Å². The van der Waals surface area contributed by atoms with E-state index in [1.807, 2.05) is 5.10 Å². The number of hydrogen-bond acceptors (Lipinski definition) is 2. The molecule has 0 radical (unpaired) electrons. The number of alkyl halides is 3. The number of imidazole rings is 1. The predicted molar refractivity (Wildman–Crippen MR) is 50.5 cm³/mol. The molecule has 0 atom stereocenters. The fourth-order valence-electron chi connectivity index (χ4n) is 1.34. The Kier molecular flexibility index (Phi) is 2.25. The van der Waals surface area contributed by atoms with Gasteiger partial charge in [0.15, 0.2) is 0 Å². The van der Waals surface area contributed by atoms with E-state index < -0.39 is 11.9 Å². The first-order valence-corrected chi connectivity index (χ1v) is 4.51. The van der Waals surface area contributed by atoms with Gasteiger partial charge in [0.2, 0.25) is 0 Å². The Bertz CT molecular complexity index is 509. The zero-order valence-electron chi connectivity index (χ0n) is 8.63. The molecule has 2 aromatic rings. The quantitative estimate of drug-likeness (QED) is 0.815. The van der Waals surface area contributed by atoms with Gasteiger partial charge in [-0.2, -0.15) is 18.3 Å². The Hall–Kier alpha value is -1.79. The molecule has 0 fully saturated rings. The highest BCUT2D eigenvalue weighted by Crippen LogP contribution is 2.30. The van der Waals surface area contributed by atoms with Gasteiger partial charge in [0, 0.05) is 7.05 Å².